The van der Waals surface area contributed by atoms with Gasteiger partial charge in [0, 0.05) is 6.42 Å². The maximum atomic E-state index is 10.7. The topological polar surface area (TPSA) is 80.4 Å². The Morgan fingerprint density at radius 2 is 2.09 bits per heavy atom. The molecule has 5 heteroatoms. The summed E-state index contributed by atoms with van der Waals surface area (Å²) in [5, 5.41) is 8.22. The van der Waals surface area contributed by atoms with Crippen molar-refractivity contribution in [2.45, 2.75) is 18.9 Å². The van der Waals surface area contributed by atoms with Crippen molar-refractivity contribution in [3.05, 3.63) is 0 Å². The second-order valence-electron chi connectivity index (χ2n) is 2.14. The van der Waals surface area contributed by atoms with Crippen LogP contribution in [0.15, 0.2) is 0 Å². The molecule has 0 spiro atoms. The minimum atomic E-state index is -0.956. The van der Waals surface area contributed by atoms with Gasteiger partial charge in [-0.15, -0.1) is 11.6 Å². The molecule has 0 radical (unpaired) electrons. The molecule has 0 saturated heterocycles. The molecule has 0 saturated carbocycles. The van der Waals surface area contributed by atoms with Crippen LogP contribution in [0, 0.1) is 0 Å². The average molecular weight is 180 g/mol. The lowest BCUT2D eigenvalue weighted by Gasteiger charge is -2.04. The molecule has 0 aromatic rings. The predicted molar refractivity (Wildman–Crippen MR) is 40.6 cm³/mol. The molecule has 11 heavy (non-hydrogen) atoms. The molecule has 4 nitrogen and oxygen atoms in total. The van der Waals surface area contributed by atoms with Crippen LogP contribution in [0.3, 0.4) is 0 Å². The monoisotopic (exact) mass is 179 g/mol. The van der Waals surface area contributed by atoms with Gasteiger partial charge in [-0.25, -0.2) is 0 Å². The molecule has 0 amide bonds. The average Bonchev–Trinajstić information content (AvgIpc) is 1.98. The van der Waals surface area contributed by atoms with Crippen molar-refractivity contribution in [1.29, 1.82) is 0 Å². The van der Waals surface area contributed by atoms with Gasteiger partial charge in [-0.05, 0) is 6.42 Å². The second-order valence-corrected chi connectivity index (χ2v) is 2.41. The van der Waals surface area contributed by atoms with E-state index in [0.29, 0.717) is 0 Å². The highest BCUT2D eigenvalue weighted by atomic mass is 35.5. The first-order valence-corrected chi connectivity index (χ1v) is 3.67. The van der Waals surface area contributed by atoms with Gasteiger partial charge in [0.2, 0.25) is 0 Å². The molecular weight excluding hydrogens is 170 g/mol. The fraction of sp³-hybridized carbons (Fsp3) is 0.667. The minimum absolute atomic E-state index is 0.0935. The van der Waals surface area contributed by atoms with E-state index in [-0.39, 0.29) is 24.5 Å². The number of alkyl halides is 1. The van der Waals surface area contributed by atoms with E-state index in [1.165, 1.54) is 0 Å². The summed E-state index contributed by atoms with van der Waals surface area (Å²) in [5.74, 6) is -1.42. The number of nitrogens with two attached hydrogens (primary N) is 1. The number of carbonyl (C=O) groups is 2. The molecule has 0 rings (SSSR count). The lowest BCUT2D eigenvalue weighted by atomic mass is 10.1. The fourth-order valence-corrected chi connectivity index (χ4v) is 0.737. The zero-order valence-corrected chi connectivity index (χ0v) is 6.67. The Morgan fingerprint density at radius 3 is 2.45 bits per heavy atom. The van der Waals surface area contributed by atoms with Gasteiger partial charge >= 0.3 is 5.97 Å². The number of carboxylic acid groups (broad SMARTS) is 1. The van der Waals surface area contributed by atoms with Crippen LogP contribution in [0.5, 0.6) is 0 Å². The largest absolute Gasteiger partial charge is 0.481 e. The molecule has 0 aliphatic rings. The molecule has 0 fully saturated rings. The standard InChI is InChI=1S/C6H10ClNO3/c7-3-5(9)4(8)1-2-6(10)11/h4H,1-3,8H2,(H,10,11)/t4-/m1/s1. The lowest BCUT2D eigenvalue weighted by Crippen LogP contribution is -2.31. The number of carboxylic acids is 1. The third-order valence-electron chi connectivity index (χ3n) is 1.21. The summed E-state index contributed by atoms with van der Waals surface area (Å²) in [6.07, 6.45) is 0.0602. The highest BCUT2D eigenvalue weighted by Gasteiger charge is 2.12. The zero-order valence-electron chi connectivity index (χ0n) is 5.92. The summed E-state index contributed by atoms with van der Waals surface area (Å²) in [7, 11) is 0. The van der Waals surface area contributed by atoms with E-state index in [0.717, 1.165) is 0 Å². The highest BCUT2D eigenvalue weighted by molar-refractivity contribution is 6.28. The van der Waals surface area contributed by atoms with Gasteiger partial charge in [0.15, 0.2) is 5.78 Å². The van der Waals surface area contributed by atoms with Gasteiger partial charge in [-0.1, -0.05) is 0 Å². The molecule has 1 atom stereocenters. The van der Waals surface area contributed by atoms with E-state index < -0.39 is 12.0 Å². The summed E-state index contributed by atoms with van der Waals surface area (Å²) in [6, 6.07) is -0.733. The van der Waals surface area contributed by atoms with Crippen LogP contribution in [0.2, 0.25) is 0 Å². The molecule has 0 aromatic carbocycles. The highest BCUT2D eigenvalue weighted by Crippen LogP contribution is 1.96. The molecule has 3 N–H and O–H groups in total. The van der Waals surface area contributed by atoms with Gasteiger partial charge < -0.3 is 10.8 Å². The van der Waals surface area contributed by atoms with Crippen LogP contribution in [0.4, 0.5) is 0 Å². The van der Waals surface area contributed by atoms with Crippen molar-refractivity contribution in [2.75, 3.05) is 5.88 Å². The van der Waals surface area contributed by atoms with Crippen LogP contribution in [0.25, 0.3) is 0 Å². The van der Waals surface area contributed by atoms with E-state index in [1.807, 2.05) is 0 Å². The molecule has 64 valence electrons. The molecule has 0 heterocycles. The molecular formula is C6H10ClNO3. The van der Waals surface area contributed by atoms with Gasteiger partial charge in [0.25, 0.3) is 0 Å². The molecule has 0 aromatic heterocycles. The first-order chi connectivity index (χ1) is 5.07. The van der Waals surface area contributed by atoms with E-state index >= 15 is 0 Å². The maximum Gasteiger partial charge on any atom is 0.303 e. The number of hydrogen-bond donors (Lipinski definition) is 2. The third-order valence-corrected chi connectivity index (χ3v) is 1.48. The molecule has 0 aliphatic carbocycles. The van der Waals surface area contributed by atoms with Gasteiger partial charge in [0.05, 0.1) is 11.9 Å². The number of ketones is 1. The van der Waals surface area contributed by atoms with Crippen LogP contribution >= 0.6 is 11.6 Å². The number of halogens is 1. The van der Waals surface area contributed by atoms with Gasteiger partial charge in [0.1, 0.15) is 0 Å². The zero-order chi connectivity index (χ0) is 8.85. The minimum Gasteiger partial charge on any atom is -0.481 e. The van der Waals surface area contributed by atoms with Crippen molar-refractivity contribution >= 4 is 23.4 Å². The van der Waals surface area contributed by atoms with Crippen molar-refractivity contribution < 1.29 is 14.7 Å². The van der Waals surface area contributed by atoms with Crippen LogP contribution in [0.1, 0.15) is 12.8 Å². The van der Waals surface area contributed by atoms with E-state index in [2.05, 4.69) is 0 Å². The predicted octanol–water partition coefficient (Wildman–Crippen LogP) is -0.0136. The maximum absolute atomic E-state index is 10.7. The summed E-state index contributed by atoms with van der Waals surface area (Å²) in [4.78, 5) is 20.7. The fourth-order valence-electron chi connectivity index (χ4n) is 0.539. The van der Waals surface area contributed by atoms with E-state index in [4.69, 9.17) is 22.4 Å². The summed E-state index contributed by atoms with van der Waals surface area (Å²) in [6.45, 7) is 0. The Labute approximate surface area is 69.3 Å². The van der Waals surface area contributed by atoms with Crippen LogP contribution in [-0.2, 0) is 9.59 Å². The summed E-state index contributed by atoms with van der Waals surface area (Å²) >= 11 is 5.19. The van der Waals surface area contributed by atoms with Gasteiger partial charge in [-0.3, -0.25) is 9.59 Å². The van der Waals surface area contributed by atoms with E-state index in [1.54, 1.807) is 0 Å². The van der Waals surface area contributed by atoms with Crippen molar-refractivity contribution in [2.24, 2.45) is 5.73 Å². The van der Waals surface area contributed by atoms with Gasteiger partial charge in [-0.2, -0.15) is 0 Å². The lowest BCUT2D eigenvalue weighted by molar-refractivity contribution is -0.137. The Balaban J connectivity index is 3.60. The summed E-state index contributed by atoms with van der Waals surface area (Å²) in [5.41, 5.74) is 5.28. The first-order valence-electron chi connectivity index (χ1n) is 3.14. The normalized spacial score (nSPS) is 12.5. The number of carbonyl (C=O) groups excluding carboxylic acids is 1. The second kappa shape index (κ2) is 5.09. The van der Waals surface area contributed by atoms with E-state index in [9.17, 15) is 9.59 Å². The van der Waals surface area contributed by atoms with Crippen molar-refractivity contribution in [1.82, 2.24) is 0 Å². The molecule has 0 unspecified atom stereocenters. The quantitative estimate of drug-likeness (QED) is 0.582. The van der Waals surface area contributed by atoms with Crippen molar-refractivity contribution in [3.8, 4) is 0 Å². The molecule has 0 aliphatic heterocycles. The Bertz CT molecular complexity index is 160. The number of aliphatic carboxylic acids is 1. The summed E-state index contributed by atoms with van der Waals surface area (Å²) < 4.78 is 0. The van der Waals surface area contributed by atoms with Crippen molar-refractivity contribution in [3.63, 3.8) is 0 Å². The SMILES string of the molecule is N[C@H](CCC(=O)O)C(=O)CCl. The Hall–Kier alpha value is -0.610. The number of Topliss-reactive ketones (excluding diaryl/α,β-unsaturated/α-hetero) is 1. The molecule has 0 bridgehead atoms. The van der Waals surface area contributed by atoms with Crippen LogP contribution in [-0.4, -0.2) is 28.8 Å². The van der Waals surface area contributed by atoms with Crippen LogP contribution < -0.4 is 5.73 Å². The third kappa shape index (κ3) is 4.75. The number of rotatable bonds is 5. The first kappa shape index (κ1) is 10.4. The number of hydrogen-bond acceptors (Lipinski definition) is 3. The smallest absolute Gasteiger partial charge is 0.303 e. The Morgan fingerprint density at radius 1 is 1.55 bits per heavy atom. The Kier molecular flexibility index (Phi) is 4.81.